The van der Waals surface area contributed by atoms with E-state index in [-0.39, 0.29) is 5.82 Å². The third-order valence-corrected chi connectivity index (χ3v) is 2.91. The molecule has 5 nitrogen and oxygen atoms in total. The van der Waals surface area contributed by atoms with E-state index >= 15 is 0 Å². The minimum atomic E-state index is -0.259. The number of thiocarbonyl (C=S) groups is 1. The van der Waals surface area contributed by atoms with Crippen molar-refractivity contribution in [1.82, 2.24) is 20.1 Å². The minimum Gasteiger partial charge on any atom is -0.362 e. The van der Waals surface area contributed by atoms with Crippen LogP contribution >= 0.6 is 12.2 Å². The number of benzene rings is 1. The minimum absolute atomic E-state index is 0.259. The molecule has 2 N–H and O–H groups in total. The molecule has 0 aliphatic carbocycles. The summed E-state index contributed by atoms with van der Waals surface area (Å²) in [7, 11) is 0. The van der Waals surface area contributed by atoms with Gasteiger partial charge in [0.05, 0.1) is 6.54 Å². The van der Waals surface area contributed by atoms with Crippen LogP contribution in [0.3, 0.4) is 0 Å². The third-order valence-electron chi connectivity index (χ3n) is 2.67. The van der Waals surface area contributed by atoms with E-state index in [2.05, 4.69) is 34.6 Å². The first-order valence-corrected chi connectivity index (χ1v) is 7.12. The van der Waals surface area contributed by atoms with E-state index in [0.717, 1.165) is 12.1 Å². The molecule has 0 radical (unpaired) electrons. The SMILES string of the molecule is CC(C)CNC(=S)Nc1ncn(Cc2cccc(F)c2)n1. The van der Waals surface area contributed by atoms with Gasteiger partial charge in [0.15, 0.2) is 5.11 Å². The number of aromatic nitrogens is 3. The Labute approximate surface area is 128 Å². The second kappa shape index (κ2) is 7.12. The van der Waals surface area contributed by atoms with Crippen LogP contribution in [-0.2, 0) is 6.54 Å². The normalized spacial score (nSPS) is 10.7. The largest absolute Gasteiger partial charge is 0.362 e. The fourth-order valence-corrected chi connectivity index (χ4v) is 1.87. The van der Waals surface area contributed by atoms with Crippen molar-refractivity contribution in [3.8, 4) is 0 Å². The molecule has 1 aromatic carbocycles. The van der Waals surface area contributed by atoms with Crippen molar-refractivity contribution in [2.45, 2.75) is 20.4 Å². The van der Waals surface area contributed by atoms with E-state index in [1.54, 1.807) is 17.1 Å². The number of anilines is 1. The van der Waals surface area contributed by atoms with Crippen LogP contribution in [0.2, 0.25) is 0 Å². The van der Waals surface area contributed by atoms with Gasteiger partial charge in [-0.2, -0.15) is 0 Å². The summed E-state index contributed by atoms with van der Waals surface area (Å²) in [6.07, 6.45) is 1.58. The maximum atomic E-state index is 13.1. The molecule has 112 valence electrons. The number of halogens is 1. The monoisotopic (exact) mass is 307 g/mol. The van der Waals surface area contributed by atoms with Crippen LogP contribution in [0.25, 0.3) is 0 Å². The van der Waals surface area contributed by atoms with Crippen LogP contribution in [0.15, 0.2) is 30.6 Å². The molecule has 1 aromatic heterocycles. The van der Waals surface area contributed by atoms with Crippen molar-refractivity contribution in [2.24, 2.45) is 5.92 Å². The third kappa shape index (κ3) is 5.11. The maximum Gasteiger partial charge on any atom is 0.248 e. The van der Waals surface area contributed by atoms with Gasteiger partial charge >= 0.3 is 0 Å². The van der Waals surface area contributed by atoms with E-state index in [9.17, 15) is 4.39 Å². The lowest BCUT2D eigenvalue weighted by Crippen LogP contribution is -2.31. The van der Waals surface area contributed by atoms with Crippen LogP contribution in [-0.4, -0.2) is 26.4 Å². The van der Waals surface area contributed by atoms with Gasteiger partial charge in [0.25, 0.3) is 0 Å². The second-order valence-electron chi connectivity index (χ2n) is 5.12. The molecule has 0 bridgehead atoms. The Bertz CT molecular complexity index is 611. The number of nitrogens with one attached hydrogen (secondary N) is 2. The zero-order chi connectivity index (χ0) is 15.2. The molecule has 0 atom stereocenters. The van der Waals surface area contributed by atoms with Gasteiger partial charge in [-0.1, -0.05) is 26.0 Å². The van der Waals surface area contributed by atoms with Crippen molar-refractivity contribution in [3.05, 3.63) is 42.0 Å². The number of hydrogen-bond acceptors (Lipinski definition) is 3. The quantitative estimate of drug-likeness (QED) is 0.831. The van der Waals surface area contributed by atoms with Crippen molar-refractivity contribution in [2.75, 3.05) is 11.9 Å². The standard InChI is InChI=1S/C14H18FN5S/c1-10(2)7-16-14(21)18-13-17-9-20(19-13)8-11-4-3-5-12(15)6-11/h3-6,9-10H,7-8H2,1-2H3,(H2,16,18,19,21). The highest BCUT2D eigenvalue weighted by Crippen LogP contribution is 2.06. The maximum absolute atomic E-state index is 13.1. The van der Waals surface area contributed by atoms with Crippen molar-refractivity contribution in [1.29, 1.82) is 0 Å². The molecule has 0 unspecified atom stereocenters. The molecule has 0 spiro atoms. The summed E-state index contributed by atoms with van der Waals surface area (Å²) in [5.74, 6) is 0.668. The van der Waals surface area contributed by atoms with E-state index in [0.29, 0.717) is 23.5 Å². The average molecular weight is 307 g/mol. The van der Waals surface area contributed by atoms with E-state index in [1.807, 2.05) is 6.07 Å². The Hall–Kier alpha value is -2.02. The summed E-state index contributed by atoms with van der Waals surface area (Å²) in [5.41, 5.74) is 0.826. The lowest BCUT2D eigenvalue weighted by molar-refractivity contribution is 0.619. The molecule has 2 rings (SSSR count). The second-order valence-corrected chi connectivity index (χ2v) is 5.53. The molecule has 0 amide bonds. The predicted molar refractivity (Wildman–Crippen MR) is 84.6 cm³/mol. The average Bonchev–Trinajstić information content (AvgIpc) is 2.83. The predicted octanol–water partition coefficient (Wildman–Crippen LogP) is 2.41. The Balaban J connectivity index is 1.91. The van der Waals surface area contributed by atoms with Gasteiger partial charge in [0.2, 0.25) is 5.95 Å². The van der Waals surface area contributed by atoms with Crippen molar-refractivity contribution >= 4 is 23.3 Å². The molecular weight excluding hydrogens is 289 g/mol. The summed E-state index contributed by atoms with van der Waals surface area (Å²) >= 11 is 5.15. The van der Waals surface area contributed by atoms with Gasteiger partial charge in [-0.3, -0.25) is 5.32 Å². The Morgan fingerprint density at radius 2 is 2.24 bits per heavy atom. The molecule has 0 aliphatic heterocycles. The van der Waals surface area contributed by atoms with Gasteiger partial charge in [-0.05, 0) is 35.8 Å². The van der Waals surface area contributed by atoms with Gasteiger partial charge in [-0.25, -0.2) is 14.1 Å². The first kappa shape index (κ1) is 15.4. The Morgan fingerprint density at radius 1 is 1.43 bits per heavy atom. The first-order chi connectivity index (χ1) is 10.0. The number of rotatable bonds is 5. The lowest BCUT2D eigenvalue weighted by atomic mass is 10.2. The zero-order valence-electron chi connectivity index (χ0n) is 12.0. The smallest absolute Gasteiger partial charge is 0.248 e. The highest BCUT2D eigenvalue weighted by molar-refractivity contribution is 7.80. The van der Waals surface area contributed by atoms with Gasteiger partial charge in [-0.15, -0.1) is 5.10 Å². The first-order valence-electron chi connectivity index (χ1n) is 6.71. The molecule has 2 aromatic rings. The summed E-state index contributed by atoms with van der Waals surface area (Å²) < 4.78 is 14.7. The zero-order valence-corrected chi connectivity index (χ0v) is 12.8. The van der Waals surface area contributed by atoms with Gasteiger partial charge in [0, 0.05) is 6.54 Å². The van der Waals surface area contributed by atoms with Crippen LogP contribution in [0.5, 0.6) is 0 Å². The molecule has 0 aliphatic rings. The molecule has 0 saturated carbocycles. The highest BCUT2D eigenvalue weighted by Gasteiger charge is 2.05. The van der Waals surface area contributed by atoms with Crippen LogP contribution in [0.4, 0.5) is 10.3 Å². The molecular formula is C14H18FN5S. The number of hydrogen-bond donors (Lipinski definition) is 2. The summed E-state index contributed by atoms with van der Waals surface area (Å²) in [6, 6.07) is 6.40. The topological polar surface area (TPSA) is 54.8 Å². The van der Waals surface area contributed by atoms with Crippen LogP contribution in [0, 0.1) is 11.7 Å². The Kier molecular flexibility index (Phi) is 5.21. The fourth-order valence-electron chi connectivity index (χ4n) is 1.69. The fraction of sp³-hybridized carbons (Fsp3) is 0.357. The van der Waals surface area contributed by atoms with Crippen LogP contribution < -0.4 is 10.6 Å². The van der Waals surface area contributed by atoms with E-state index in [4.69, 9.17) is 12.2 Å². The highest BCUT2D eigenvalue weighted by atomic mass is 32.1. The van der Waals surface area contributed by atoms with Crippen molar-refractivity contribution in [3.63, 3.8) is 0 Å². The Morgan fingerprint density at radius 3 is 2.95 bits per heavy atom. The van der Waals surface area contributed by atoms with E-state index < -0.39 is 0 Å². The lowest BCUT2D eigenvalue weighted by Gasteiger charge is -2.09. The van der Waals surface area contributed by atoms with Gasteiger partial charge < -0.3 is 5.32 Å². The molecule has 0 saturated heterocycles. The number of nitrogens with zero attached hydrogens (tertiary/aromatic N) is 3. The molecule has 0 fully saturated rings. The summed E-state index contributed by atoms with van der Waals surface area (Å²) in [4.78, 5) is 4.12. The van der Waals surface area contributed by atoms with E-state index in [1.165, 1.54) is 12.1 Å². The molecule has 7 heteroatoms. The van der Waals surface area contributed by atoms with Crippen LogP contribution in [0.1, 0.15) is 19.4 Å². The molecule has 21 heavy (non-hydrogen) atoms. The van der Waals surface area contributed by atoms with Crippen molar-refractivity contribution < 1.29 is 4.39 Å². The summed E-state index contributed by atoms with van der Waals surface area (Å²) in [6.45, 7) is 5.44. The molecule has 1 heterocycles. The summed E-state index contributed by atoms with van der Waals surface area (Å²) in [5, 5.41) is 10.7. The van der Waals surface area contributed by atoms with Gasteiger partial charge in [0.1, 0.15) is 12.1 Å².